The van der Waals surface area contributed by atoms with Gasteiger partial charge in [-0.2, -0.15) is 0 Å². The van der Waals surface area contributed by atoms with Gasteiger partial charge in [0, 0.05) is 17.8 Å². The molecule has 0 amide bonds. The number of fused-ring (bicyclic) bond motifs is 1. The lowest BCUT2D eigenvalue weighted by Crippen LogP contribution is -1.86. The van der Waals surface area contributed by atoms with Crippen LogP contribution in [0.15, 0.2) is 30.5 Å². The summed E-state index contributed by atoms with van der Waals surface area (Å²) in [5.74, 6) is 0. The number of rotatable bonds is 0. The Hall–Kier alpha value is -1.18. The fraction of sp³-hybridized carbons (Fsp3) is 0.273. The van der Waals surface area contributed by atoms with Crippen molar-refractivity contribution < 1.29 is 0 Å². The first kappa shape index (κ1) is 9.91. The molecule has 1 N–H and O–H groups in total. The normalized spacial score (nSPS) is 12.6. The molecule has 0 aromatic heterocycles. The van der Waals surface area contributed by atoms with Gasteiger partial charge in [-0.15, -0.1) is 0 Å². The van der Waals surface area contributed by atoms with E-state index in [4.69, 9.17) is 0 Å². The minimum Gasteiger partial charge on any atom is -0.359 e. The Balaban J connectivity index is 0.000000396. The molecule has 1 aromatic rings. The standard InChI is InChI=1S/C10H11N.CH3B/c1-7-4-3-5-10-9(7)6-8(2)11-10;1-2/h3-5,11H,2,6H2,1H3;1H3. The molecule has 1 nitrogen and oxygen atoms in total. The predicted octanol–water partition coefficient (Wildman–Crippen LogP) is 2.68. The highest BCUT2D eigenvalue weighted by atomic mass is 14.9. The summed E-state index contributed by atoms with van der Waals surface area (Å²) in [6.07, 6.45) is 0.988. The number of anilines is 1. The van der Waals surface area contributed by atoms with Gasteiger partial charge in [-0.05, 0) is 24.1 Å². The molecule has 0 bridgehead atoms. The highest BCUT2D eigenvalue weighted by Gasteiger charge is 2.13. The molecule has 1 aromatic carbocycles. The van der Waals surface area contributed by atoms with Gasteiger partial charge in [0.05, 0.1) is 7.85 Å². The molecular formula is C11H14BN. The van der Waals surface area contributed by atoms with Gasteiger partial charge in [-0.3, -0.25) is 0 Å². The minimum atomic E-state index is 0.988. The Labute approximate surface area is 81.3 Å². The second-order valence-electron chi connectivity index (χ2n) is 3.01. The lowest BCUT2D eigenvalue weighted by Gasteiger charge is -2.00. The third-order valence-electron chi connectivity index (χ3n) is 2.11. The van der Waals surface area contributed by atoms with Gasteiger partial charge in [0.2, 0.25) is 0 Å². The first-order valence-electron chi connectivity index (χ1n) is 4.38. The van der Waals surface area contributed by atoms with Crippen LogP contribution in [0, 0.1) is 6.92 Å². The van der Waals surface area contributed by atoms with Gasteiger partial charge in [0.25, 0.3) is 0 Å². The molecule has 13 heavy (non-hydrogen) atoms. The number of hydrogen-bond acceptors (Lipinski definition) is 1. The zero-order chi connectivity index (χ0) is 9.84. The third-order valence-corrected chi connectivity index (χ3v) is 2.11. The summed E-state index contributed by atoms with van der Waals surface area (Å²) in [7, 11) is 4.50. The Kier molecular flexibility index (Phi) is 3.18. The van der Waals surface area contributed by atoms with Crippen LogP contribution in [0.3, 0.4) is 0 Å². The van der Waals surface area contributed by atoms with E-state index in [0.717, 1.165) is 12.1 Å². The van der Waals surface area contributed by atoms with Crippen LogP contribution in [-0.2, 0) is 6.42 Å². The van der Waals surface area contributed by atoms with Crippen molar-refractivity contribution in [3.63, 3.8) is 0 Å². The van der Waals surface area contributed by atoms with Crippen molar-refractivity contribution in [3.05, 3.63) is 41.6 Å². The molecule has 1 heterocycles. The summed E-state index contributed by atoms with van der Waals surface area (Å²) < 4.78 is 0. The van der Waals surface area contributed by atoms with Crippen molar-refractivity contribution in [1.82, 2.24) is 0 Å². The Bertz CT molecular complexity index is 318. The molecule has 1 aliphatic rings. The number of benzene rings is 1. The topological polar surface area (TPSA) is 12.0 Å². The van der Waals surface area contributed by atoms with Gasteiger partial charge in [0.15, 0.2) is 0 Å². The molecule has 0 fully saturated rings. The van der Waals surface area contributed by atoms with E-state index in [1.807, 2.05) is 0 Å². The van der Waals surface area contributed by atoms with E-state index in [9.17, 15) is 0 Å². The summed E-state index contributed by atoms with van der Waals surface area (Å²) >= 11 is 0. The number of nitrogens with one attached hydrogen (secondary N) is 1. The summed E-state index contributed by atoms with van der Waals surface area (Å²) in [6.45, 7) is 7.54. The van der Waals surface area contributed by atoms with E-state index in [0.29, 0.717) is 0 Å². The Morgan fingerprint density at radius 1 is 1.38 bits per heavy atom. The van der Waals surface area contributed by atoms with E-state index in [1.54, 1.807) is 0 Å². The zero-order valence-corrected chi connectivity index (χ0v) is 8.22. The summed E-state index contributed by atoms with van der Waals surface area (Å²) in [5.41, 5.74) is 5.09. The highest BCUT2D eigenvalue weighted by molar-refractivity contribution is 6.05. The maximum atomic E-state index is 4.50. The van der Waals surface area contributed by atoms with Gasteiger partial charge < -0.3 is 5.32 Å². The largest absolute Gasteiger partial charge is 0.359 e. The lowest BCUT2D eigenvalue weighted by atomic mass is 10.1. The summed E-state index contributed by atoms with van der Waals surface area (Å²) in [4.78, 5) is 0. The van der Waals surface area contributed by atoms with E-state index < -0.39 is 0 Å². The van der Waals surface area contributed by atoms with Crippen LogP contribution in [-0.4, -0.2) is 7.85 Å². The third kappa shape index (κ3) is 1.94. The maximum Gasteiger partial charge on any atom is 0.0606 e. The first-order valence-corrected chi connectivity index (χ1v) is 4.38. The van der Waals surface area contributed by atoms with Crippen molar-refractivity contribution >= 4 is 13.5 Å². The van der Waals surface area contributed by atoms with Crippen LogP contribution in [0.25, 0.3) is 0 Å². The van der Waals surface area contributed by atoms with Gasteiger partial charge in [-0.25, -0.2) is 0 Å². The molecule has 0 saturated carbocycles. The van der Waals surface area contributed by atoms with Crippen LogP contribution in [0.2, 0.25) is 6.82 Å². The van der Waals surface area contributed by atoms with E-state index in [1.165, 1.54) is 23.6 Å². The smallest absolute Gasteiger partial charge is 0.0606 e. The fourth-order valence-electron chi connectivity index (χ4n) is 1.50. The van der Waals surface area contributed by atoms with E-state index in [2.05, 4.69) is 44.9 Å². The highest BCUT2D eigenvalue weighted by Crippen LogP contribution is 2.28. The molecule has 0 saturated heterocycles. The first-order chi connectivity index (χ1) is 6.27. The fourth-order valence-corrected chi connectivity index (χ4v) is 1.50. The van der Waals surface area contributed by atoms with Crippen molar-refractivity contribution in [1.29, 1.82) is 0 Å². The van der Waals surface area contributed by atoms with Crippen LogP contribution >= 0.6 is 0 Å². The van der Waals surface area contributed by atoms with Crippen molar-refractivity contribution in [2.75, 3.05) is 5.32 Å². The molecule has 0 aliphatic carbocycles. The quantitative estimate of drug-likeness (QED) is 0.591. The molecule has 66 valence electrons. The SMILES string of the molecule is C=C1Cc2c(C)cccc2N1.[B]C. The van der Waals surface area contributed by atoms with Gasteiger partial charge in [-0.1, -0.05) is 25.5 Å². The maximum absolute atomic E-state index is 4.50. The molecule has 0 spiro atoms. The average Bonchev–Trinajstić information content (AvgIpc) is 2.51. The van der Waals surface area contributed by atoms with E-state index >= 15 is 0 Å². The molecule has 0 unspecified atom stereocenters. The number of hydrogen-bond donors (Lipinski definition) is 1. The number of aryl methyl sites for hydroxylation is 1. The zero-order valence-electron chi connectivity index (χ0n) is 8.22. The van der Waals surface area contributed by atoms with Crippen molar-refractivity contribution in [3.8, 4) is 0 Å². The average molecular weight is 171 g/mol. The summed E-state index contributed by atoms with van der Waals surface area (Å²) in [6, 6.07) is 6.30. The van der Waals surface area contributed by atoms with Crippen LogP contribution in [0.5, 0.6) is 0 Å². The van der Waals surface area contributed by atoms with Gasteiger partial charge in [0.1, 0.15) is 0 Å². The van der Waals surface area contributed by atoms with Crippen molar-refractivity contribution in [2.45, 2.75) is 20.2 Å². The molecule has 0 atom stereocenters. The molecule has 2 heteroatoms. The van der Waals surface area contributed by atoms with Crippen LogP contribution < -0.4 is 5.32 Å². The second kappa shape index (κ2) is 4.17. The molecule has 2 rings (SSSR count). The minimum absolute atomic E-state index is 0.988. The van der Waals surface area contributed by atoms with Crippen LogP contribution in [0.1, 0.15) is 11.1 Å². The Morgan fingerprint density at radius 3 is 2.69 bits per heavy atom. The second-order valence-corrected chi connectivity index (χ2v) is 3.01. The van der Waals surface area contributed by atoms with Crippen molar-refractivity contribution in [2.24, 2.45) is 0 Å². The van der Waals surface area contributed by atoms with Crippen LogP contribution in [0.4, 0.5) is 5.69 Å². The van der Waals surface area contributed by atoms with E-state index in [-0.39, 0.29) is 0 Å². The predicted molar refractivity (Wildman–Crippen MR) is 59.3 cm³/mol. The Morgan fingerprint density at radius 2 is 2.08 bits per heavy atom. The molecule has 2 radical (unpaired) electrons. The lowest BCUT2D eigenvalue weighted by molar-refractivity contribution is 1.22. The molecule has 1 aliphatic heterocycles. The number of allylic oxidation sites excluding steroid dienone is 1. The monoisotopic (exact) mass is 171 g/mol. The molecular weight excluding hydrogens is 157 g/mol. The van der Waals surface area contributed by atoms with Gasteiger partial charge >= 0.3 is 0 Å². The summed E-state index contributed by atoms with van der Waals surface area (Å²) in [5, 5.41) is 3.24.